The molecule has 0 spiro atoms. The Hall–Kier alpha value is -2.76. The zero-order valence-electron chi connectivity index (χ0n) is 19.7. The molecular formula is C27H33N5O2. The predicted molar refractivity (Wildman–Crippen MR) is 131 cm³/mol. The molecule has 2 aromatic rings. The molecule has 3 aliphatic rings. The third-order valence-electron chi connectivity index (χ3n) is 7.74. The third-order valence-corrected chi connectivity index (χ3v) is 7.74. The number of amides is 1. The Morgan fingerprint density at radius 3 is 2.18 bits per heavy atom. The quantitative estimate of drug-likeness (QED) is 0.654. The van der Waals surface area contributed by atoms with Crippen LogP contribution in [0.25, 0.3) is 11.1 Å². The molecule has 7 nitrogen and oxygen atoms in total. The van der Waals surface area contributed by atoms with Crippen molar-refractivity contribution in [1.82, 2.24) is 15.1 Å². The lowest BCUT2D eigenvalue weighted by atomic mass is 9.99. The van der Waals surface area contributed by atoms with E-state index in [1.807, 2.05) is 12.1 Å². The standard InChI is InChI=1S/C27H33N5O2/c1-31-10-12-32(13-11-31)16-20-4-8-22(9-5-20)21-6-2-19(3-7-21)14-23(15-28)30-26(33)27(29)24-17-34-18-25(24)27/h2-9,23-25H,10-14,16-18,29H2,1H3,(H,30,33)/t23-,24?,25?,27?/m1/s1. The van der Waals surface area contributed by atoms with Gasteiger partial charge in [0.15, 0.2) is 0 Å². The van der Waals surface area contributed by atoms with E-state index < -0.39 is 11.6 Å². The van der Waals surface area contributed by atoms with Gasteiger partial charge in [-0.15, -0.1) is 0 Å². The summed E-state index contributed by atoms with van der Waals surface area (Å²) in [6.07, 6.45) is 0.453. The van der Waals surface area contributed by atoms with E-state index in [9.17, 15) is 10.1 Å². The molecule has 3 N–H and O–H groups in total. The molecule has 3 fully saturated rings. The highest BCUT2D eigenvalue weighted by Crippen LogP contribution is 2.52. The van der Waals surface area contributed by atoms with E-state index in [2.05, 4.69) is 64.6 Å². The van der Waals surface area contributed by atoms with Crippen molar-refractivity contribution in [3.05, 3.63) is 59.7 Å². The van der Waals surface area contributed by atoms with Crippen molar-refractivity contribution < 1.29 is 9.53 Å². The normalized spacial score (nSPS) is 27.6. The number of benzene rings is 2. The molecule has 34 heavy (non-hydrogen) atoms. The second-order valence-corrected chi connectivity index (χ2v) is 10.0. The average Bonchev–Trinajstić information content (AvgIpc) is 3.19. The van der Waals surface area contributed by atoms with Crippen LogP contribution >= 0.6 is 0 Å². The molecule has 2 heterocycles. The van der Waals surface area contributed by atoms with Gasteiger partial charge >= 0.3 is 0 Å². The first-order valence-corrected chi connectivity index (χ1v) is 12.1. The summed E-state index contributed by atoms with van der Waals surface area (Å²) >= 11 is 0. The van der Waals surface area contributed by atoms with Crippen LogP contribution in [0.15, 0.2) is 48.5 Å². The highest BCUT2D eigenvalue weighted by molar-refractivity contribution is 5.91. The monoisotopic (exact) mass is 459 g/mol. The summed E-state index contributed by atoms with van der Waals surface area (Å²) in [5.74, 6) is -0.0659. The number of carbonyl (C=O) groups is 1. The van der Waals surface area contributed by atoms with Gasteiger partial charge in [-0.05, 0) is 29.3 Å². The van der Waals surface area contributed by atoms with Crippen LogP contribution in [0.1, 0.15) is 11.1 Å². The van der Waals surface area contributed by atoms with E-state index in [-0.39, 0.29) is 17.7 Å². The van der Waals surface area contributed by atoms with Crippen molar-refractivity contribution in [3.8, 4) is 17.2 Å². The van der Waals surface area contributed by atoms with Crippen molar-refractivity contribution in [1.29, 1.82) is 5.26 Å². The molecule has 2 aliphatic heterocycles. The number of hydrogen-bond donors (Lipinski definition) is 2. The number of ether oxygens (including phenoxy) is 1. The van der Waals surface area contributed by atoms with Crippen LogP contribution in [-0.4, -0.2) is 73.7 Å². The first kappa shape index (κ1) is 23.0. The van der Waals surface area contributed by atoms with Gasteiger partial charge in [-0.2, -0.15) is 5.26 Å². The van der Waals surface area contributed by atoms with Crippen LogP contribution in [0.2, 0.25) is 0 Å². The Morgan fingerprint density at radius 2 is 1.62 bits per heavy atom. The molecule has 3 atom stereocenters. The highest BCUT2D eigenvalue weighted by atomic mass is 16.5. The Morgan fingerprint density at radius 1 is 1.06 bits per heavy atom. The van der Waals surface area contributed by atoms with Gasteiger partial charge in [0.2, 0.25) is 5.91 Å². The van der Waals surface area contributed by atoms with Crippen LogP contribution in [0.3, 0.4) is 0 Å². The van der Waals surface area contributed by atoms with Gasteiger partial charge in [0.1, 0.15) is 11.6 Å². The van der Waals surface area contributed by atoms with E-state index in [0.717, 1.165) is 43.9 Å². The number of likely N-dealkylation sites (N-methyl/N-ethyl adjacent to an activating group) is 1. The maximum atomic E-state index is 12.7. The van der Waals surface area contributed by atoms with Gasteiger partial charge < -0.3 is 20.7 Å². The van der Waals surface area contributed by atoms with Crippen LogP contribution in [0, 0.1) is 23.2 Å². The average molecular weight is 460 g/mol. The summed E-state index contributed by atoms with van der Waals surface area (Å²) in [6, 6.07) is 18.6. The molecule has 0 bridgehead atoms. The van der Waals surface area contributed by atoms with Crippen LogP contribution in [0.4, 0.5) is 0 Å². The molecule has 1 aliphatic carbocycles. The minimum absolute atomic E-state index is 0.0825. The predicted octanol–water partition coefficient (Wildman–Crippen LogP) is 1.63. The number of fused-ring (bicyclic) bond motifs is 1. The van der Waals surface area contributed by atoms with E-state index in [1.54, 1.807) is 0 Å². The smallest absolute Gasteiger partial charge is 0.241 e. The minimum atomic E-state index is -0.867. The number of nitrogens with zero attached hydrogens (tertiary/aromatic N) is 3. The molecule has 5 rings (SSSR count). The minimum Gasteiger partial charge on any atom is -0.381 e. The Labute approximate surface area is 201 Å². The maximum Gasteiger partial charge on any atom is 0.241 e. The number of piperazine rings is 1. The zero-order valence-corrected chi connectivity index (χ0v) is 19.7. The first-order chi connectivity index (χ1) is 16.5. The lowest BCUT2D eigenvalue weighted by Crippen LogP contribution is -2.51. The van der Waals surface area contributed by atoms with Crippen molar-refractivity contribution in [3.63, 3.8) is 0 Å². The van der Waals surface area contributed by atoms with Gasteiger partial charge in [-0.1, -0.05) is 48.5 Å². The fraction of sp³-hybridized carbons (Fsp3) is 0.481. The Kier molecular flexibility index (Phi) is 6.41. The van der Waals surface area contributed by atoms with Crippen molar-refractivity contribution in [2.75, 3.05) is 46.4 Å². The Balaban J connectivity index is 1.15. The molecular weight excluding hydrogens is 426 g/mol. The number of rotatable bonds is 7. The maximum absolute atomic E-state index is 12.7. The third kappa shape index (κ3) is 4.59. The second kappa shape index (κ2) is 9.47. The zero-order chi connectivity index (χ0) is 23.7. The number of hydrogen-bond acceptors (Lipinski definition) is 6. The van der Waals surface area contributed by atoms with Gasteiger partial charge in [0.25, 0.3) is 0 Å². The fourth-order valence-corrected chi connectivity index (χ4v) is 5.28. The van der Waals surface area contributed by atoms with E-state index in [1.165, 1.54) is 11.1 Å². The summed E-state index contributed by atoms with van der Waals surface area (Å²) < 4.78 is 5.34. The first-order valence-electron chi connectivity index (χ1n) is 12.1. The van der Waals surface area contributed by atoms with E-state index in [4.69, 9.17) is 10.5 Å². The molecule has 7 heteroatoms. The van der Waals surface area contributed by atoms with Gasteiger partial charge in [0, 0.05) is 51.0 Å². The molecule has 2 unspecified atom stereocenters. The van der Waals surface area contributed by atoms with Gasteiger partial charge in [0.05, 0.1) is 19.3 Å². The molecule has 0 radical (unpaired) electrons. The number of nitriles is 1. The van der Waals surface area contributed by atoms with Gasteiger partial charge in [-0.3, -0.25) is 9.69 Å². The fourth-order valence-electron chi connectivity index (χ4n) is 5.28. The number of carbonyl (C=O) groups excluding carboxylic acids is 1. The summed E-state index contributed by atoms with van der Waals surface area (Å²) in [7, 11) is 2.18. The van der Waals surface area contributed by atoms with Gasteiger partial charge in [-0.25, -0.2) is 0 Å². The van der Waals surface area contributed by atoms with Crippen molar-refractivity contribution in [2.24, 2.45) is 17.6 Å². The molecule has 1 amide bonds. The lowest BCUT2D eigenvalue weighted by Gasteiger charge is -2.32. The Bertz CT molecular complexity index is 1040. The lowest BCUT2D eigenvalue weighted by molar-refractivity contribution is -0.125. The molecule has 0 aromatic heterocycles. The molecule has 1 saturated carbocycles. The summed E-state index contributed by atoms with van der Waals surface area (Å²) in [5, 5.41) is 12.4. The van der Waals surface area contributed by atoms with Crippen molar-refractivity contribution in [2.45, 2.75) is 24.5 Å². The SMILES string of the molecule is CN1CCN(Cc2ccc(-c3ccc(C[C@H](C#N)NC(=O)C4(N)C5COCC54)cc3)cc2)CC1. The van der Waals surface area contributed by atoms with Crippen LogP contribution in [-0.2, 0) is 22.5 Å². The summed E-state index contributed by atoms with van der Waals surface area (Å²) in [4.78, 5) is 17.5. The molecule has 2 saturated heterocycles. The molecule has 178 valence electrons. The van der Waals surface area contributed by atoms with E-state index >= 15 is 0 Å². The topological polar surface area (TPSA) is 94.6 Å². The molecule has 2 aromatic carbocycles. The number of nitrogens with one attached hydrogen (secondary N) is 1. The highest BCUT2D eigenvalue weighted by Gasteiger charge is 2.69. The number of nitrogens with two attached hydrogens (primary N) is 1. The van der Waals surface area contributed by atoms with E-state index in [0.29, 0.717) is 19.6 Å². The second-order valence-electron chi connectivity index (χ2n) is 10.0. The largest absolute Gasteiger partial charge is 0.381 e. The summed E-state index contributed by atoms with van der Waals surface area (Å²) in [6.45, 7) is 6.55. The van der Waals surface area contributed by atoms with Crippen LogP contribution < -0.4 is 11.1 Å². The van der Waals surface area contributed by atoms with Crippen LogP contribution in [0.5, 0.6) is 0 Å². The summed E-state index contributed by atoms with van der Waals surface area (Å²) in [5.41, 5.74) is 10.1. The van der Waals surface area contributed by atoms with Crippen molar-refractivity contribution >= 4 is 5.91 Å².